The van der Waals surface area contributed by atoms with Crippen LogP contribution in [-0.2, 0) is 11.3 Å². The number of hydrogen-bond acceptors (Lipinski definition) is 5. The van der Waals surface area contributed by atoms with Gasteiger partial charge in [-0.25, -0.2) is 9.50 Å². The van der Waals surface area contributed by atoms with E-state index in [0.717, 1.165) is 47.5 Å². The fourth-order valence-electron chi connectivity index (χ4n) is 4.65. The maximum Gasteiger partial charge on any atom is 0.225 e. The van der Waals surface area contributed by atoms with Crippen LogP contribution in [0.2, 0.25) is 0 Å². The van der Waals surface area contributed by atoms with Gasteiger partial charge in [0.25, 0.3) is 0 Å². The van der Waals surface area contributed by atoms with E-state index in [0.29, 0.717) is 13.1 Å². The zero-order valence-electron chi connectivity index (χ0n) is 20.5. The Kier molecular flexibility index (Phi) is 6.77. The van der Waals surface area contributed by atoms with Crippen molar-refractivity contribution in [3.05, 3.63) is 77.6 Å². The maximum absolute atomic E-state index is 13.0. The average molecular weight is 486 g/mol. The lowest BCUT2D eigenvalue weighted by molar-refractivity contribution is -0.125. The number of aryl methyl sites for hydroxylation is 2. The van der Waals surface area contributed by atoms with Crippen molar-refractivity contribution in [3.63, 3.8) is 0 Å². The van der Waals surface area contributed by atoms with Crippen molar-refractivity contribution in [2.24, 2.45) is 5.92 Å². The van der Waals surface area contributed by atoms with Gasteiger partial charge in [-0.1, -0.05) is 24.3 Å². The third kappa shape index (κ3) is 5.05. The van der Waals surface area contributed by atoms with Crippen molar-refractivity contribution in [1.29, 1.82) is 0 Å². The van der Waals surface area contributed by atoms with Crippen LogP contribution in [0.5, 0.6) is 0 Å². The Morgan fingerprint density at radius 2 is 1.94 bits per heavy atom. The number of fused-ring (bicyclic) bond motifs is 1. The van der Waals surface area contributed by atoms with Crippen LogP contribution in [-0.4, -0.2) is 39.9 Å². The number of anilines is 1. The van der Waals surface area contributed by atoms with Crippen molar-refractivity contribution in [1.82, 2.24) is 19.9 Å². The van der Waals surface area contributed by atoms with E-state index in [4.69, 9.17) is 10.1 Å². The second-order valence-corrected chi connectivity index (χ2v) is 10.1. The first-order valence-corrected chi connectivity index (χ1v) is 13.3. The summed E-state index contributed by atoms with van der Waals surface area (Å²) < 4.78 is 1.90. The van der Waals surface area contributed by atoms with Crippen molar-refractivity contribution >= 4 is 29.0 Å². The molecule has 4 aromatic rings. The monoisotopic (exact) mass is 485 g/mol. The fourth-order valence-corrected chi connectivity index (χ4v) is 5.06. The SMILES string of the molecule is CSc1ccc(CNC(=O)C2CCCN(c3nccn4nc(-c5ccc(C)c(C)c5)cc34)C2)cc1. The Morgan fingerprint density at radius 3 is 2.71 bits per heavy atom. The zero-order chi connectivity index (χ0) is 24.4. The number of amides is 1. The summed E-state index contributed by atoms with van der Waals surface area (Å²) in [5, 5.41) is 7.95. The van der Waals surface area contributed by atoms with Gasteiger partial charge in [-0.15, -0.1) is 11.8 Å². The molecule has 1 amide bonds. The number of carbonyl (C=O) groups excluding carboxylic acids is 1. The van der Waals surface area contributed by atoms with Gasteiger partial charge in [-0.05, 0) is 73.9 Å². The number of aromatic nitrogens is 3. The van der Waals surface area contributed by atoms with E-state index >= 15 is 0 Å². The van der Waals surface area contributed by atoms with E-state index in [1.807, 2.05) is 10.7 Å². The summed E-state index contributed by atoms with van der Waals surface area (Å²) >= 11 is 1.72. The van der Waals surface area contributed by atoms with Gasteiger partial charge in [0.2, 0.25) is 5.91 Å². The number of hydrogen-bond donors (Lipinski definition) is 1. The fraction of sp³-hybridized carbons (Fsp3) is 0.321. The predicted octanol–water partition coefficient (Wildman–Crippen LogP) is 5.27. The Labute approximate surface area is 210 Å². The van der Waals surface area contributed by atoms with Gasteiger partial charge in [0.05, 0.1) is 11.6 Å². The molecule has 3 heterocycles. The molecule has 1 N–H and O–H groups in total. The molecule has 180 valence electrons. The van der Waals surface area contributed by atoms with Crippen LogP contribution in [0.3, 0.4) is 0 Å². The summed E-state index contributed by atoms with van der Waals surface area (Å²) in [4.78, 5) is 21.2. The highest BCUT2D eigenvalue weighted by Gasteiger charge is 2.27. The topological polar surface area (TPSA) is 62.5 Å². The first-order chi connectivity index (χ1) is 17.0. The summed E-state index contributed by atoms with van der Waals surface area (Å²) in [6.45, 7) is 6.35. The molecule has 1 unspecified atom stereocenters. The number of thioether (sulfide) groups is 1. The Hall–Kier alpha value is -3.32. The molecule has 7 heteroatoms. The number of piperidine rings is 1. The van der Waals surface area contributed by atoms with Gasteiger partial charge in [0.15, 0.2) is 5.82 Å². The van der Waals surface area contributed by atoms with Crippen molar-refractivity contribution in [3.8, 4) is 11.3 Å². The maximum atomic E-state index is 13.0. The highest BCUT2D eigenvalue weighted by molar-refractivity contribution is 7.98. The predicted molar refractivity (Wildman–Crippen MR) is 143 cm³/mol. The van der Waals surface area contributed by atoms with E-state index in [2.05, 4.69) is 78.9 Å². The second kappa shape index (κ2) is 10.1. The third-order valence-electron chi connectivity index (χ3n) is 6.89. The average Bonchev–Trinajstić information content (AvgIpc) is 3.34. The van der Waals surface area contributed by atoms with E-state index in [-0.39, 0.29) is 11.8 Å². The minimum absolute atomic E-state index is 0.0570. The van der Waals surface area contributed by atoms with Gasteiger partial charge < -0.3 is 10.2 Å². The van der Waals surface area contributed by atoms with E-state index in [1.54, 1.807) is 18.0 Å². The number of nitrogens with zero attached hydrogens (tertiary/aromatic N) is 4. The molecule has 0 saturated carbocycles. The van der Waals surface area contributed by atoms with Crippen LogP contribution >= 0.6 is 11.8 Å². The quantitative estimate of drug-likeness (QED) is 0.377. The Balaban J connectivity index is 1.31. The third-order valence-corrected chi connectivity index (χ3v) is 7.63. The summed E-state index contributed by atoms with van der Waals surface area (Å²) in [7, 11) is 0. The summed E-state index contributed by atoms with van der Waals surface area (Å²) in [6, 6.07) is 16.9. The zero-order valence-corrected chi connectivity index (χ0v) is 21.3. The number of nitrogens with one attached hydrogen (secondary N) is 1. The molecule has 35 heavy (non-hydrogen) atoms. The summed E-state index contributed by atoms with van der Waals surface area (Å²) in [6.07, 6.45) is 7.60. The van der Waals surface area contributed by atoms with Crippen LogP contribution in [0.25, 0.3) is 16.8 Å². The lowest BCUT2D eigenvalue weighted by Gasteiger charge is -2.33. The van der Waals surface area contributed by atoms with Crippen molar-refractivity contribution < 1.29 is 4.79 Å². The molecule has 1 aliphatic rings. The molecule has 0 radical (unpaired) electrons. The van der Waals surface area contributed by atoms with Crippen molar-refractivity contribution in [2.45, 2.75) is 38.1 Å². The molecule has 1 aliphatic heterocycles. The van der Waals surface area contributed by atoms with Gasteiger partial charge in [0.1, 0.15) is 5.52 Å². The van der Waals surface area contributed by atoms with Crippen LogP contribution in [0, 0.1) is 19.8 Å². The van der Waals surface area contributed by atoms with Gasteiger partial charge in [0, 0.05) is 42.5 Å². The van der Waals surface area contributed by atoms with Crippen LogP contribution in [0.1, 0.15) is 29.5 Å². The molecule has 1 fully saturated rings. The highest BCUT2D eigenvalue weighted by Crippen LogP contribution is 2.29. The summed E-state index contributed by atoms with van der Waals surface area (Å²) in [5.41, 5.74) is 6.65. The van der Waals surface area contributed by atoms with Gasteiger partial charge >= 0.3 is 0 Å². The minimum atomic E-state index is -0.0570. The Morgan fingerprint density at radius 1 is 1.11 bits per heavy atom. The number of rotatable bonds is 6. The highest BCUT2D eigenvalue weighted by atomic mass is 32.2. The molecule has 6 nitrogen and oxygen atoms in total. The van der Waals surface area contributed by atoms with E-state index < -0.39 is 0 Å². The normalized spacial score (nSPS) is 16.0. The molecule has 0 spiro atoms. The van der Waals surface area contributed by atoms with Crippen LogP contribution < -0.4 is 10.2 Å². The molecule has 0 bridgehead atoms. The van der Waals surface area contributed by atoms with Gasteiger partial charge in [-0.2, -0.15) is 5.10 Å². The molecule has 5 rings (SSSR count). The molecule has 2 aromatic carbocycles. The van der Waals surface area contributed by atoms with E-state index in [9.17, 15) is 4.79 Å². The molecular weight excluding hydrogens is 454 g/mol. The second-order valence-electron chi connectivity index (χ2n) is 9.26. The first kappa shape index (κ1) is 23.4. The van der Waals surface area contributed by atoms with Gasteiger partial charge in [-0.3, -0.25) is 4.79 Å². The molecule has 2 aromatic heterocycles. The molecule has 1 saturated heterocycles. The lowest BCUT2D eigenvalue weighted by atomic mass is 9.97. The van der Waals surface area contributed by atoms with Crippen LogP contribution in [0.15, 0.2) is 65.8 Å². The molecule has 0 aliphatic carbocycles. The Bertz CT molecular complexity index is 1350. The minimum Gasteiger partial charge on any atom is -0.354 e. The van der Waals surface area contributed by atoms with Crippen LogP contribution in [0.4, 0.5) is 5.82 Å². The van der Waals surface area contributed by atoms with E-state index in [1.165, 1.54) is 16.0 Å². The molecular formula is C28H31N5OS. The number of carbonyl (C=O) groups is 1. The van der Waals surface area contributed by atoms with Crippen molar-refractivity contribution in [2.75, 3.05) is 24.2 Å². The number of benzene rings is 2. The largest absolute Gasteiger partial charge is 0.354 e. The smallest absolute Gasteiger partial charge is 0.225 e. The molecule has 1 atom stereocenters. The first-order valence-electron chi connectivity index (χ1n) is 12.1. The summed E-state index contributed by atoms with van der Waals surface area (Å²) in [5.74, 6) is 0.943. The lowest BCUT2D eigenvalue weighted by Crippen LogP contribution is -2.43. The standard InChI is InChI=1S/C28H31N5OS/c1-19-6-9-22(15-20(19)2)25-16-26-27(29-12-14-33(26)31-25)32-13-4-5-23(18-32)28(34)30-17-21-7-10-24(35-3)11-8-21/h6-12,14-16,23H,4-5,13,17-18H2,1-3H3,(H,30,34).